The molecule has 0 amide bonds. The van der Waals surface area contributed by atoms with Gasteiger partial charge in [0.15, 0.2) is 7.28 Å². The SMILES string of the molecule is C=C/C=C(\C=C\C)N/C1=C(C)/C(=C\C=C)N(C2=CC(C)C=CCC=C2)c2cc(C)ccc2[B]C2C=CC=C(C)C=C2C1. The van der Waals surface area contributed by atoms with Crippen LogP contribution in [0.1, 0.15) is 46.1 Å². The quantitative estimate of drug-likeness (QED) is 0.215. The van der Waals surface area contributed by atoms with Crippen LogP contribution in [-0.4, -0.2) is 7.28 Å². The minimum absolute atomic E-state index is 0.147. The number of nitrogens with zero attached hydrogens (tertiary/aromatic N) is 1. The zero-order valence-corrected chi connectivity index (χ0v) is 25.9. The fourth-order valence-electron chi connectivity index (χ4n) is 5.63. The third kappa shape index (κ3) is 7.53. The predicted octanol–water partition coefficient (Wildman–Crippen LogP) is 9.38. The molecular formula is C39H44BN2. The molecule has 0 aromatic heterocycles. The normalized spacial score (nSPS) is 23.9. The van der Waals surface area contributed by atoms with Gasteiger partial charge in [-0.1, -0.05) is 116 Å². The Balaban J connectivity index is 2.07. The minimum atomic E-state index is 0.147. The molecule has 4 rings (SSSR count). The van der Waals surface area contributed by atoms with Crippen LogP contribution < -0.4 is 15.7 Å². The first-order chi connectivity index (χ1) is 20.3. The van der Waals surface area contributed by atoms with E-state index in [1.165, 1.54) is 22.2 Å². The van der Waals surface area contributed by atoms with Crippen LogP contribution in [0.25, 0.3) is 0 Å². The fourth-order valence-corrected chi connectivity index (χ4v) is 5.63. The third-order valence-electron chi connectivity index (χ3n) is 7.67. The highest BCUT2D eigenvalue weighted by Gasteiger charge is 2.27. The van der Waals surface area contributed by atoms with Gasteiger partial charge in [0.2, 0.25) is 0 Å². The van der Waals surface area contributed by atoms with Crippen molar-refractivity contribution in [3.05, 3.63) is 168 Å². The van der Waals surface area contributed by atoms with E-state index in [2.05, 4.69) is 149 Å². The molecule has 2 nitrogen and oxygen atoms in total. The summed E-state index contributed by atoms with van der Waals surface area (Å²) in [7, 11) is 2.42. The Morgan fingerprint density at radius 1 is 1.10 bits per heavy atom. The number of hydrogen-bond acceptors (Lipinski definition) is 2. The van der Waals surface area contributed by atoms with Gasteiger partial charge in [0, 0.05) is 29.2 Å². The molecule has 1 aromatic carbocycles. The number of benzene rings is 1. The van der Waals surface area contributed by atoms with Gasteiger partial charge in [-0.2, -0.15) is 0 Å². The zero-order chi connectivity index (χ0) is 30.1. The number of fused-ring (bicyclic) bond motifs is 2. The monoisotopic (exact) mass is 551 g/mol. The summed E-state index contributed by atoms with van der Waals surface area (Å²) in [5, 5.41) is 3.80. The first-order valence-electron chi connectivity index (χ1n) is 15.0. The van der Waals surface area contributed by atoms with E-state index in [0.29, 0.717) is 5.92 Å². The topological polar surface area (TPSA) is 15.3 Å². The van der Waals surface area contributed by atoms with Crippen LogP contribution in [0, 0.1) is 12.8 Å². The highest BCUT2D eigenvalue weighted by Crippen LogP contribution is 2.37. The summed E-state index contributed by atoms with van der Waals surface area (Å²) in [4.78, 5) is 2.43. The van der Waals surface area contributed by atoms with Crippen molar-refractivity contribution in [2.75, 3.05) is 4.90 Å². The van der Waals surface area contributed by atoms with E-state index in [1.807, 2.05) is 25.2 Å². The summed E-state index contributed by atoms with van der Waals surface area (Å²) in [5.41, 5.74) is 11.7. The van der Waals surface area contributed by atoms with Crippen LogP contribution in [0.15, 0.2) is 162 Å². The Labute approximate surface area is 254 Å². The van der Waals surface area contributed by atoms with Gasteiger partial charge < -0.3 is 10.2 Å². The van der Waals surface area contributed by atoms with Crippen molar-refractivity contribution in [2.24, 2.45) is 5.92 Å². The second kappa shape index (κ2) is 14.6. The van der Waals surface area contributed by atoms with Crippen molar-refractivity contribution in [1.82, 2.24) is 5.32 Å². The lowest BCUT2D eigenvalue weighted by Gasteiger charge is -2.35. The van der Waals surface area contributed by atoms with Gasteiger partial charge in [-0.05, 0) is 87.4 Å². The van der Waals surface area contributed by atoms with E-state index < -0.39 is 0 Å². The molecule has 2 aliphatic carbocycles. The molecule has 42 heavy (non-hydrogen) atoms. The number of hydrogen-bond donors (Lipinski definition) is 1. The third-order valence-corrected chi connectivity index (χ3v) is 7.67. The van der Waals surface area contributed by atoms with E-state index in [9.17, 15) is 0 Å². The number of allylic oxidation sites excluding steroid dienone is 18. The molecule has 1 radical (unpaired) electrons. The second-order valence-electron chi connectivity index (χ2n) is 11.2. The molecule has 0 saturated heterocycles. The number of anilines is 1. The lowest BCUT2D eigenvalue weighted by atomic mass is 9.55. The van der Waals surface area contributed by atoms with Gasteiger partial charge in [0.1, 0.15) is 0 Å². The number of rotatable bonds is 6. The Hall–Kier alpha value is -4.24. The van der Waals surface area contributed by atoms with Crippen molar-refractivity contribution in [3.8, 4) is 0 Å². The largest absolute Gasteiger partial charge is 0.358 e. The standard InChI is InChI=1S/C39H44BN2/c1-8-15-33(16-9-2)41-37-27-32-24-28(4)19-14-21-35(32)40-36-23-22-30(6)26-39(36)42(38(17-10-3)31(37)7)34-20-13-11-12-18-29(5)25-34/h8-10,12-26,29,35,41H,1,3,11,27H2,2,4-7H3/b16-9+,18-12?,20-13?,33-15+,34-25?,37-31+,38-17+. The summed E-state index contributed by atoms with van der Waals surface area (Å²) in [6.07, 6.45) is 34.2. The molecule has 0 saturated carbocycles. The van der Waals surface area contributed by atoms with Crippen LogP contribution in [0.4, 0.5) is 5.69 Å². The molecule has 1 heterocycles. The molecule has 213 valence electrons. The Bertz CT molecular complexity index is 1510. The summed E-state index contributed by atoms with van der Waals surface area (Å²) in [6.45, 7) is 19.0. The van der Waals surface area contributed by atoms with Crippen molar-refractivity contribution in [1.29, 1.82) is 0 Å². The van der Waals surface area contributed by atoms with E-state index in [0.717, 1.165) is 46.9 Å². The Morgan fingerprint density at radius 2 is 1.93 bits per heavy atom. The molecule has 3 aliphatic rings. The first kappa shape index (κ1) is 30.7. The Morgan fingerprint density at radius 3 is 2.69 bits per heavy atom. The van der Waals surface area contributed by atoms with Crippen molar-refractivity contribution in [2.45, 2.75) is 53.3 Å². The van der Waals surface area contributed by atoms with E-state index in [-0.39, 0.29) is 5.82 Å². The van der Waals surface area contributed by atoms with Gasteiger partial charge in [-0.15, -0.1) is 0 Å². The maximum absolute atomic E-state index is 4.15. The maximum atomic E-state index is 4.15. The first-order valence-corrected chi connectivity index (χ1v) is 15.0. The highest BCUT2D eigenvalue weighted by atomic mass is 15.2. The molecule has 2 atom stereocenters. The van der Waals surface area contributed by atoms with Gasteiger partial charge in [0.05, 0.1) is 5.70 Å². The average Bonchev–Trinajstić information content (AvgIpc) is 3.11. The molecule has 1 aromatic rings. The summed E-state index contributed by atoms with van der Waals surface area (Å²) in [6, 6.07) is 6.80. The summed E-state index contributed by atoms with van der Waals surface area (Å²) >= 11 is 0. The highest BCUT2D eigenvalue weighted by molar-refractivity contribution is 6.58. The van der Waals surface area contributed by atoms with Crippen LogP contribution in [0.3, 0.4) is 0 Å². The van der Waals surface area contributed by atoms with Crippen molar-refractivity contribution < 1.29 is 0 Å². The summed E-state index contributed by atoms with van der Waals surface area (Å²) < 4.78 is 0. The lowest BCUT2D eigenvalue weighted by Crippen LogP contribution is -2.34. The maximum Gasteiger partial charge on any atom is 0.168 e. The lowest BCUT2D eigenvalue weighted by molar-refractivity contribution is 0.870. The smallest absolute Gasteiger partial charge is 0.168 e. The fraction of sp³-hybridized carbons (Fsp3) is 0.231. The van der Waals surface area contributed by atoms with Gasteiger partial charge in [-0.25, -0.2) is 0 Å². The molecule has 1 aliphatic heterocycles. The van der Waals surface area contributed by atoms with Crippen LogP contribution in [0.2, 0.25) is 5.82 Å². The van der Waals surface area contributed by atoms with E-state index in [4.69, 9.17) is 0 Å². The molecule has 3 heteroatoms. The van der Waals surface area contributed by atoms with Crippen molar-refractivity contribution >= 4 is 18.4 Å². The molecule has 1 N–H and O–H groups in total. The van der Waals surface area contributed by atoms with Gasteiger partial charge in [0.25, 0.3) is 0 Å². The van der Waals surface area contributed by atoms with Crippen molar-refractivity contribution in [3.63, 3.8) is 0 Å². The second-order valence-corrected chi connectivity index (χ2v) is 11.2. The van der Waals surface area contributed by atoms with E-state index >= 15 is 0 Å². The molecular weight excluding hydrogens is 507 g/mol. The Kier molecular flexibility index (Phi) is 10.7. The summed E-state index contributed by atoms with van der Waals surface area (Å²) in [5.74, 6) is 0.448. The van der Waals surface area contributed by atoms with E-state index in [1.54, 1.807) is 0 Å². The average molecular weight is 552 g/mol. The zero-order valence-electron chi connectivity index (χ0n) is 25.9. The van der Waals surface area contributed by atoms with Crippen LogP contribution >= 0.6 is 0 Å². The van der Waals surface area contributed by atoms with Gasteiger partial charge >= 0.3 is 0 Å². The van der Waals surface area contributed by atoms with Gasteiger partial charge in [-0.3, -0.25) is 0 Å². The molecule has 0 spiro atoms. The number of aryl methyl sites for hydroxylation is 1. The van der Waals surface area contributed by atoms with Crippen LogP contribution in [0.5, 0.6) is 0 Å². The molecule has 2 unspecified atom stereocenters. The minimum Gasteiger partial charge on any atom is -0.358 e. The molecule has 0 bridgehead atoms. The molecule has 0 fully saturated rings. The predicted molar refractivity (Wildman–Crippen MR) is 186 cm³/mol. The van der Waals surface area contributed by atoms with Crippen LogP contribution in [-0.2, 0) is 0 Å². The number of nitrogens with one attached hydrogen (secondary N) is 1.